The monoisotopic (exact) mass is 293 g/mol. The number of nitrogens with one attached hydrogen (secondary N) is 1. The van der Waals surface area contributed by atoms with Crippen molar-refractivity contribution >= 4 is 17.7 Å². The molecule has 0 spiro atoms. The lowest BCUT2D eigenvalue weighted by atomic mass is 10.1. The van der Waals surface area contributed by atoms with Crippen molar-refractivity contribution in [3.8, 4) is 5.75 Å². The van der Waals surface area contributed by atoms with Crippen LogP contribution in [0.4, 0.5) is 10.5 Å². The molecule has 1 aliphatic rings. The number of carbonyl (C=O) groups is 2. The quantitative estimate of drug-likeness (QED) is 0.743. The van der Waals surface area contributed by atoms with Crippen LogP contribution in [0, 0.1) is 0 Å². The number of rotatable bonds is 3. The van der Waals surface area contributed by atoms with Crippen LogP contribution in [0.15, 0.2) is 18.2 Å². The predicted octanol–water partition coefficient (Wildman–Crippen LogP) is 3.36. The van der Waals surface area contributed by atoms with E-state index < -0.39 is 17.8 Å². The molecule has 2 rings (SSSR count). The minimum absolute atomic E-state index is 0.0700. The fourth-order valence-electron chi connectivity index (χ4n) is 2.45. The first-order valence-electron chi connectivity index (χ1n) is 7.10. The fourth-order valence-corrected chi connectivity index (χ4v) is 2.45. The van der Waals surface area contributed by atoms with E-state index in [-0.39, 0.29) is 11.7 Å². The van der Waals surface area contributed by atoms with Gasteiger partial charge in [-0.3, -0.25) is 5.32 Å². The molecule has 0 radical (unpaired) electrons. The molecule has 6 heteroatoms. The first-order chi connectivity index (χ1) is 10.1. The number of carbonyl (C=O) groups excluding carboxylic acids is 1. The van der Waals surface area contributed by atoms with E-state index in [9.17, 15) is 14.7 Å². The van der Waals surface area contributed by atoms with Gasteiger partial charge in [-0.2, -0.15) is 0 Å². The number of carboxylic acids is 1. The summed E-state index contributed by atoms with van der Waals surface area (Å²) in [6, 6.07) is 3.84. The second-order valence-electron chi connectivity index (χ2n) is 5.18. The minimum atomic E-state index is -1.22. The van der Waals surface area contributed by atoms with Gasteiger partial charge in [0.1, 0.15) is 17.4 Å². The van der Waals surface area contributed by atoms with Crippen molar-refractivity contribution in [3.63, 3.8) is 0 Å². The van der Waals surface area contributed by atoms with E-state index in [4.69, 9.17) is 9.84 Å². The summed E-state index contributed by atoms with van der Waals surface area (Å²) in [5.41, 5.74) is 0.0915. The SMILES string of the molecule is O=C(Nc1ccc(C(=O)O)c(O)c1)OC1CCCCCC1. The van der Waals surface area contributed by atoms with Crippen LogP contribution in [-0.2, 0) is 4.74 Å². The van der Waals surface area contributed by atoms with Gasteiger partial charge in [0.25, 0.3) is 0 Å². The molecule has 0 atom stereocenters. The third kappa shape index (κ3) is 4.37. The van der Waals surface area contributed by atoms with E-state index in [0.717, 1.165) is 25.7 Å². The van der Waals surface area contributed by atoms with Crippen LogP contribution in [0.2, 0.25) is 0 Å². The Bertz CT molecular complexity index is 521. The third-order valence-corrected chi connectivity index (χ3v) is 3.55. The second kappa shape index (κ2) is 6.97. The highest BCUT2D eigenvalue weighted by Gasteiger charge is 2.17. The Balaban J connectivity index is 1.93. The van der Waals surface area contributed by atoms with E-state index in [0.29, 0.717) is 5.69 Å². The minimum Gasteiger partial charge on any atom is -0.507 e. The van der Waals surface area contributed by atoms with Gasteiger partial charge in [0.15, 0.2) is 0 Å². The fraction of sp³-hybridized carbons (Fsp3) is 0.467. The number of hydrogen-bond donors (Lipinski definition) is 3. The Labute approximate surface area is 122 Å². The van der Waals surface area contributed by atoms with Gasteiger partial charge in [0, 0.05) is 11.8 Å². The molecule has 1 amide bonds. The lowest BCUT2D eigenvalue weighted by Crippen LogP contribution is -2.22. The van der Waals surface area contributed by atoms with Gasteiger partial charge in [0.2, 0.25) is 0 Å². The van der Waals surface area contributed by atoms with Crippen molar-refractivity contribution in [2.75, 3.05) is 5.32 Å². The summed E-state index contributed by atoms with van der Waals surface area (Å²) in [4.78, 5) is 22.6. The molecule has 0 aromatic heterocycles. The number of anilines is 1. The van der Waals surface area contributed by atoms with Crippen LogP contribution in [0.25, 0.3) is 0 Å². The van der Waals surface area contributed by atoms with Crippen molar-refractivity contribution in [1.82, 2.24) is 0 Å². The Kier molecular flexibility index (Phi) is 5.03. The maximum absolute atomic E-state index is 11.8. The number of hydrogen-bond acceptors (Lipinski definition) is 4. The lowest BCUT2D eigenvalue weighted by molar-refractivity contribution is 0.0693. The van der Waals surface area contributed by atoms with E-state index in [1.807, 2.05) is 0 Å². The molecular weight excluding hydrogens is 274 g/mol. The Morgan fingerprint density at radius 1 is 1.14 bits per heavy atom. The van der Waals surface area contributed by atoms with Gasteiger partial charge >= 0.3 is 12.1 Å². The van der Waals surface area contributed by atoms with E-state index in [1.54, 1.807) is 0 Å². The molecular formula is C15H19NO5. The zero-order valence-corrected chi connectivity index (χ0v) is 11.7. The Morgan fingerprint density at radius 2 is 1.81 bits per heavy atom. The summed E-state index contributed by atoms with van der Waals surface area (Å²) in [5, 5.41) is 20.9. The number of ether oxygens (including phenoxy) is 1. The number of phenols is 1. The maximum atomic E-state index is 11.8. The van der Waals surface area contributed by atoms with Crippen LogP contribution < -0.4 is 5.32 Å². The van der Waals surface area contributed by atoms with E-state index >= 15 is 0 Å². The molecule has 1 saturated carbocycles. The van der Waals surface area contributed by atoms with Gasteiger partial charge in [-0.15, -0.1) is 0 Å². The highest BCUT2D eigenvalue weighted by molar-refractivity contribution is 5.92. The largest absolute Gasteiger partial charge is 0.507 e. The summed E-state index contributed by atoms with van der Waals surface area (Å²) >= 11 is 0. The van der Waals surface area contributed by atoms with Crippen LogP contribution in [0.1, 0.15) is 48.9 Å². The molecule has 114 valence electrons. The molecule has 6 nitrogen and oxygen atoms in total. The molecule has 1 aromatic carbocycles. The maximum Gasteiger partial charge on any atom is 0.411 e. The Morgan fingerprint density at radius 3 is 2.38 bits per heavy atom. The van der Waals surface area contributed by atoms with E-state index in [2.05, 4.69) is 5.32 Å². The zero-order valence-electron chi connectivity index (χ0n) is 11.7. The summed E-state index contributed by atoms with van der Waals surface area (Å²) < 4.78 is 5.34. The van der Waals surface area contributed by atoms with E-state index in [1.165, 1.54) is 31.0 Å². The van der Waals surface area contributed by atoms with Gasteiger partial charge in [-0.25, -0.2) is 9.59 Å². The number of amides is 1. The number of carboxylic acid groups (broad SMARTS) is 1. The first kappa shape index (κ1) is 15.2. The molecule has 0 saturated heterocycles. The smallest absolute Gasteiger partial charge is 0.411 e. The molecule has 21 heavy (non-hydrogen) atoms. The van der Waals surface area contributed by atoms with Gasteiger partial charge in [0.05, 0.1) is 0 Å². The summed E-state index contributed by atoms with van der Waals surface area (Å²) in [6.45, 7) is 0. The lowest BCUT2D eigenvalue weighted by Gasteiger charge is -2.16. The summed E-state index contributed by atoms with van der Waals surface area (Å²) in [5.74, 6) is -1.62. The van der Waals surface area contributed by atoms with Crippen LogP contribution in [0.5, 0.6) is 5.75 Å². The highest BCUT2D eigenvalue weighted by atomic mass is 16.6. The topological polar surface area (TPSA) is 95.9 Å². The van der Waals surface area contributed by atoms with Crippen LogP contribution in [-0.4, -0.2) is 28.4 Å². The molecule has 1 aliphatic carbocycles. The second-order valence-corrected chi connectivity index (χ2v) is 5.18. The molecule has 0 aliphatic heterocycles. The average molecular weight is 293 g/mol. The molecule has 0 heterocycles. The normalized spacial score (nSPS) is 16.0. The van der Waals surface area contributed by atoms with Gasteiger partial charge in [-0.1, -0.05) is 12.8 Å². The standard InChI is InChI=1S/C15H19NO5/c17-13-9-10(7-8-12(13)14(18)19)16-15(20)21-11-5-3-1-2-4-6-11/h7-9,11,17H,1-6H2,(H,16,20)(H,18,19). The van der Waals surface area contributed by atoms with Crippen molar-refractivity contribution in [1.29, 1.82) is 0 Å². The van der Waals surface area contributed by atoms with Crippen molar-refractivity contribution in [3.05, 3.63) is 23.8 Å². The average Bonchev–Trinajstić information content (AvgIpc) is 2.66. The molecule has 0 unspecified atom stereocenters. The van der Waals surface area contributed by atoms with Crippen molar-refractivity contribution in [2.24, 2.45) is 0 Å². The summed E-state index contributed by atoms with van der Waals surface area (Å²) in [7, 11) is 0. The molecule has 1 aromatic rings. The number of aromatic hydroxyl groups is 1. The molecule has 1 fully saturated rings. The summed E-state index contributed by atoms with van der Waals surface area (Å²) in [6.07, 6.45) is 5.56. The van der Waals surface area contributed by atoms with Crippen LogP contribution in [0.3, 0.4) is 0 Å². The predicted molar refractivity (Wildman–Crippen MR) is 76.7 cm³/mol. The number of aromatic carboxylic acids is 1. The number of benzene rings is 1. The van der Waals surface area contributed by atoms with Gasteiger partial charge < -0.3 is 14.9 Å². The van der Waals surface area contributed by atoms with Gasteiger partial charge in [-0.05, 0) is 37.8 Å². The zero-order chi connectivity index (χ0) is 15.2. The highest BCUT2D eigenvalue weighted by Crippen LogP contribution is 2.23. The first-order valence-corrected chi connectivity index (χ1v) is 7.10. The van der Waals surface area contributed by atoms with Crippen molar-refractivity contribution in [2.45, 2.75) is 44.6 Å². The third-order valence-electron chi connectivity index (χ3n) is 3.55. The Hall–Kier alpha value is -2.24. The molecule has 3 N–H and O–H groups in total. The molecule has 0 bridgehead atoms. The van der Waals surface area contributed by atoms with Crippen molar-refractivity contribution < 1.29 is 24.5 Å². The van der Waals surface area contributed by atoms with Crippen LogP contribution >= 0.6 is 0 Å².